The van der Waals surface area contributed by atoms with Gasteiger partial charge in [-0.05, 0) is 25.7 Å². The summed E-state index contributed by atoms with van der Waals surface area (Å²) in [6, 6.07) is 0. The molecule has 1 fully saturated rings. The zero-order chi connectivity index (χ0) is 11.4. The Balaban J connectivity index is 2.41. The lowest BCUT2D eigenvalue weighted by molar-refractivity contribution is -0.144. The predicted octanol–water partition coefficient (Wildman–Crippen LogP) is -0.498. The molecule has 86 valence electrons. The summed E-state index contributed by atoms with van der Waals surface area (Å²) in [5, 5.41) is 26.4. The van der Waals surface area contributed by atoms with Crippen molar-refractivity contribution in [3.8, 4) is 0 Å². The minimum absolute atomic E-state index is 0.256. The maximum atomic E-state index is 10.9. The van der Waals surface area contributed by atoms with E-state index in [0.717, 1.165) is 6.54 Å². The first-order valence-electron chi connectivity index (χ1n) is 5.26. The van der Waals surface area contributed by atoms with Gasteiger partial charge in [-0.15, -0.1) is 0 Å². The van der Waals surface area contributed by atoms with Crippen LogP contribution in [0.15, 0.2) is 0 Å². The van der Waals surface area contributed by atoms with E-state index in [1.54, 1.807) is 0 Å². The van der Waals surface area contributed by atoms with E-state index in [0.29, 0.717) is 25.7 Å². The van der Waals surface area contributed by atoms with Gasteiger partial charge in [-0.1, -0.05) is 6.42 Å². The number of rotatable bonds is 4. The van der Waals surface area contributed by atoms with Gasteiger partial charge in [0.25, 0.3) is 0 Å². The predicted molar refractivity (Wildman–Crippen MR) is 56.3 cm³/mol. The van der Waals surface area contributed by atoms with Crippen molar-refractivity contribution < 1.29 is 19.9 Å². The normalized spacial score (nSPS) is 27.7. The summed E-state index contributed by atoms with van der Waals surface area (Å²) in [5.41, 5.74) is 0. The van der Waals surface area contributed by atoms with Crippen LogP contribution in [0.4, 0.5) is 0 Å². The van der Waals surface area contributed by atoms with Gasteiger partial charge in [0.1, 0.15) is 0 Å². The Bertz CT molecular complexity index is 224. The van der Waals surface area contributed by atoms with Gasteiger partial charge in [0, 0.05) is 13.1 Å². The third kappa shape index (κ3) is 4.19. The van der Waals surface area contributed by atoms with Crippen molar-refractivity contribution in [2.75, 3.05) is 20.1 Å². The molecule has 1 rings (SSSR count). The number of hydrogen-bond donors (Lipinski definition) is 3. The smallest absolute Gasteiger partial charge is 0.451 e. The molecule has 0 spiro atoms. The number of carboxylic acids is 1. The van der Waals surface area contributed by atoms with Crippen LogP contribution in [0.25, 0.3) is 0 Å². The molecule has 1 aliphatic heterocycles. The number of piperidine rings is 1. The lowest BCUT2D eigenvalue weighted by atomic mass is 9.77. The lowest BCUT2D eigenvalue weighted by Gasteiger charge is -2.33. The Morgan fingerprint density at radius 1 is 1.47 bits per heavy atom. The lowest BCUT2D eigenvalue weighted by Crippen LogP contribution is -2.41. The fraction of sp³-hybridized carbons (Fsp3) is 0.889. The highest BCUT2D eigenvalue weighted by atomic mass is 16.4. The third-order valence-corrected chi connectivity index (χ3v) is 2.90. The number of hydrogen-bond acceptors (Lipinski definition) is 4. The molecule has 1 heterocycles. The van der Waals surface area contributed by atoms with Gasteiger partial charge < -0.3 is 20.1 Å². The molecule has 1 saturated heterocycles. The molecule has 0 unspecified atom stereocenters. The molecule has 0 aromatic carbocycles. The zero-order valence-electron chi connectivity index (χ0n) is 8.96. The first kappa shape index (κ1) is 12.5. The molecule has 15 heavy (non-hydrogen) atoms. The summed E-state index contributed by atoms with van der Waals surface area (Å²) >= 11 is 0. The van der Waals surface area contributed by atoms with Gasteiger partial charge in [-0.25, -0.2) is 0 Å². The van der Waals surface area contributed by atoms with Crippen LogP contribution >= 0.6 is 0 Å². The molecule has 0 radical (unpaired) electrons. The van der Waals surface area contributed by atoms with E-state index in [1.165, 1.54) is 0 Å². The van der Waals surface area contributed by atoms with Crippen molar-refractivity contribution in [2.24, 2.45) is 11.8 Å². The molecule has 0 saturated carbocycles. The monoisotopic (exact) mass is 215 g/mol. The second-order valence-electron chi connectivity index (χ2n) is 4.42. The van der Waals surface area contributed by atoms with E-state index in [1.807, 2.05) is 11.9 Å². The summed E-state index contributed by atoms with van der Waals surface area (Å²) in [6.45, 7) is 1.43. The number of likely N-dealkylation sites (tertiary alicyclic amines) is 1. The SMILES string of the molecule is CN1C[C@@H](CCB(O)O)C[C@H](C(=O)O)C1. The van der Waals surface area contributed by atoms with Crippen molar-refractivity contribution in [3.05, 3.63) is 0 Å². The molecule has 5 nitrogen and oxygen atoms in total. The van der Waals surface area contributed by atoms with Crippen LogP contribution in [0.5, 0.6) is 0 Å². The van der Waals surface area contributed by atoms with E-state index in [9.17, 15) is 4.79 Å². The van der Waals surface area contributed by atoms with Gasteiger partial charge in [0.05, 0.1) is 5.92 Å². The average Bonchev–Trinajstić information content (AvgIpc) is 2.13. The summed E-state index contributed by atoms with van der Waals surface area (Å²) in [5.74, 6) is -0.813. The molecule has 0 amide bonds. The molecule has 2 atom stereocenters. The Morgan fingerprint density at radius 3 is 2.67 bits per heavy atom. The van der Waals surface area contributed by atoms with Crippen LogP contribution in [-0.2, 0) is 4.79 Å². The molecular weight excluding hydrogens is 197 g/mol. The summed E-state index contributed by atoms with van der Waals surface area (Å²) < 4.78 is 0. The van der Waals surface area contributed by atoms with E-state index in [4.69, 9.17) is 15.2 Å². The molecule has 0 bridgehead atoms. The van der Waals surface area contributed by atoms with Crippen LogP contribution in [0, 0.1) is 11.8 Å². The fourth-order valence-electron chi connectivity index (χ4n) is 2.22. The van der Waals surface area contributed by atoms with Crippen molar-refractivity contribution >= 4 is 13.1 Å². The largest absolute Gasteiger partial charge is 0.481 e. The quantitative estimate of drug-likeness (QED) is 0.551. The average molecular weight is 215 g/mol. The van der Waals surface area contributed by atoms with Gasteiger partial charge >= 0.3 is 13.1 Å². The standard InChI is InChI=1S/C9H18BNO4/c1-11-5-7(2-3-10(14)15)4-8(6-11)9(12)13/h7-8,14-15H,2-6H2,1H3,(H,12,13)/t7-,8-/m0/s1. The minimum atomic E-state index is -1.28. The molecule has 3 N–H and O–H groups in total. The van der Waals surface area contributed by atoms with E-state index in [2.05, 4.69) is 0 Å². The fourth-order valence-corrected chi connectivity index (χ4v) is 2.22. The van der Waals surface area contributed by atoms with Crippen LogP contribution in [0.1, 0.15) is 12.8 Å². The van der Waals surface area contributed by atoms with Crippen molar-refractivity contribution in [3.63, 3.8) is 0 Å². The Hall–Kier alpha value is -0.585. The first-order chi connectivity index (χ1) is 6.99. The Morgan fingerprint density at radius 2 is 2.13 bits per heavy atom. The maximum absolute atomic E-state index is 10.9. The van der Waals surface area contributed by atoms with E-state index < -0.39 is 13.1 Å². The van der Waals surface area contributed by atoms with E-state index in [-0.39, 0.29) is 11.8 Å². The van der Waals surface area contributed by atoms with Crippen molar-refractivity contribution in [1.82, 2.24) is 4.90 Å². The topological polar surface area (TPSA) is 81.0 Å². The van der Waals surface area contributed by atoms with Gasteiger partial charge in [-0.2, -0.15) is 0 Å². The number of nitrogens with zero attached hydrogens (tertiary/aromatic N) is 1. The molecular formula is C9H18BNO4. The zero-order valence-corrected chi connectivity index (χ0v) is 8.96. The highest BCUT2D eigenvalue weighted by Crippen LogP contribution is 2.25. The summed E-state index contributed by atoms with van der Waals surface area (Å²) in [4.78, 5) is 12.9. The van der Waals surface area contributed by atoms with E-state index >= 15 is 0 Å². The van der Waals surface area contributed by atoms with Gasteiger partial charge in [0.15, 0.2) is 0 Å². The maximum Gasteiger partial charge on any atom is 0.451 e. The van der Waals surface area contributed by atoms with Crippen LogP contribution < -0.4 is 0 Å². The summed E-state index contributed by atoms with van der Waals surface area (Å²) in [7, 11) is 0.623. The number of carbonyl (C=O) groups is 1. The summed E-state index contributed by atoms with van der Waals surface area (Å²) in [6.07, 6.45) is 1.64. The van der Waals surface area contributed by atoms with Crippen molar-refractivity contribution in [1.29, 1.82) is 0 Å². The highest BCUT2D eigenvalue weighted by molar-refractivity contribution is 6.40. The Labute approximate surface area is 89.8 Å². The molecule has 1 aliphatic rings. The Kier molecular flexibility index (Phi) is 4.57. The van der Waals surface area contributed by atoms with Crippen molar-refractivity contribution in [2.45, 2.75) is 19.2 Å². The number of aliphatic carboxylic acids is 1. The number of carboxylic acid groups (broad SMARTS) is 1. The molecule has 0 aromatic heterocycles. The first-order valence-corrected chi connectivity index (χ1v) is 5.26. The third-order valence-electron chi connectivity index (χ3n) is 2.90. The second kappa shape index (κ2) is 5.49. The molecule has 0 aliphatic carbocycles. The van der Waals surface area contributed by atoms with Gasteiger partial charge in [-0.3, -0.25) is 4.79 Å². The van der Waals surface area contributed by atoms with Gasteiger partial charge in [0.2, 0.25) is 0 Å². The molecule has 6 heteroatoms. The van der Waals surface area contributed by atoms with Crippen LogP contribution in [0.2, 0.25) is 6.32 Å². The minimum Gasteiger partial charge on any atom is -0.481 e. The van der Waals surface area contributed by atoms with Crippen LogP contribution in [0.3, 0.4) is 0 Å². The van der Waals surface area contributed by atoms with Crippen LogP contribution in [-0.4, -0.2) is 53.3 Å². The highest BCUT2D eigenvalue weighted by Gasteiger charge is 2.30. The molecule has 0 aromatic rings. The second-order valence-corrected chi connectivity index (χ2v) is 4.42.